The van der Waals surface area contributed by atoms with Crippen molar-refractivity contribution in [2.45, 2.75) is 6.92 Å². The fourth-order valence-electron chi connectivity index (χ4n) is 1.52. The summed E-state index contributed by atoms with van der Waals surface area (Å²) in [6.45, 7) is 1.76. The van der Waals surface area contributed by atoms with Gasteiger partial charge in [0.05, 0.1) is 0 Å². The minimum Gasteiger partial charge on any atom is -0.394 e. The molecule has 2 aromatic rings. The standard InChI is InChI=1S/C13H11F2N3O/c1-7-3-2-4-11(17-7)18-13(19)8-5-9(14)12(16)10(15)6-8/h2-6H,16H2,1H3,(H,17,18,19). The normalized spacial score (nSPS) is 10.3. The molecule has 1 aromatic heterocycles. The number of nitrogens with two attached hydrogens (primary N) is 1. The number of nitrogens with zero attached hydrogens (tertiary/aromatic N) is 1. The van der Waals surface area contributed by atoms with Gasteiger partial charge in [0.25, 0.3) is 5.91 Å². The molecule has 0 aliphatic carbocycles. The van der Waals surface area contributed by atoms with Crippen molar-refractivity contribution >= 4 is 17.4 Å². The number of nitrogen functional groups attached to an aromatic ring is 1. The second-order valence-corrected chi connectivity index (χ2v) is 3.97. The molecular weight excluding hydrogens is 252 g/mol. The molecule has 0 aliphatic rings. The number of rotatable bonds is 2. The summed E-state index contributed by atoms with van der Waals surface area (Å²) in [6, 6.07) is 6.81. The van der Waals surface area contributed by atoms with Gasteiger partial charge in [-0.05, 0) is 31.2 Å². The van der Waals surface area contributed by atoms with Crippen LogP contribution in [-0.2, 0) is 0 Å². The van der Waals surface area contributed by atoms with Crippen LogP contribution in [0.5, 0.6) is 0 Å². The van der Waals surface area contributed by atoms with E-state index < -0.39 is 23.2 Å². The highest BCUT2D eigenvalue weighted by Gasteiger charge is 2.13. The van der Waals surface area contributed by atoms with Crippen molar-refractivity contribution in [1.82, 2.24) is 4.98 Å². The molecule has 0 bridgehead atoms. The zero-order valence-electron chi connectivity index (χ0n) is 10.1. The average Bonchev–Trinajstić information content (AvgIpc) is 2.35. The number of halogens is 2. The van der Waals surface area contributed by atoms with Gasteiger partial charge in [-0.1, -0.05) is 6.07 Å². The van der Waals surface area contributed by atoms with Crippen molar-refractivity contribution in [2.24, 2.45) is 0 Å². The molecule has 0 radical (unpaired) electrons. The molecule has 0 atom stereocenters. The fraction of sp³-hybridized carbons (Fsp3) is 0.0769. The first-order valence-electron chi connectivity index (χ1n) is 5.47. The van der Waals surface area contributed by atoms with Crippen LogP contribution in [0.1, 0.15) is 16.1 Å². The molecule has 4 nitrogen and oxygen atoms in total. The highest BCUT2D eigenvalue weighted by molar-refractivity contribution is 6.04. The third-order valence-electron chi connectivity index (χ3n) is 2.47. The molecule has 0 fully saturated rings. The Hall–Kier alpha value is -2.50. The molecule has 6 heteroatoms. The summed E-state index contributed by atoms with van der Waals surface area (Å²) in [5.74, 6) is -2.29. The number of carbonyl (C=O) groups is 1. The van der Waals surface area contributed by atoms with Gasteiger partial charge in [-0.15, -0.1) is 0 Å². The lowest BCUT2D eigenvalue weighted by Crippen LogP contribution is -2.14. The van der Waals surface area contributed by atoms with E-state index in [1.165, 1.54) is 0 Å². The second-order valence-electron chi connectivity index (χ2n) is 3.97. The van der Waals surface area contributed by atoms with Crippen molar-refractivity contribution in [3.63, 3.8) is 0 Å². The maximum Gasteiger partial charge on any atom is 0.257 e. The quantitative estimate of drug-likeness (QED) is 0.818. The summed E-state index contributed by atoms with van der Waals surface area (Å²) in [7, 11) is 0. The average molecular weight is 263 g/mol. The molecule has 19 heavy (non-hydrogen) atoms. The number of aromatic nitrogens is 1. The van der Waals surface area contributed by atoms with Crippen LogP contribution >= 0.6 is 0 Å². The van der Waals surface area contributed by atoms with E-state index in [0.29, 0.717) is 11.5 Å². The summed E-state index contributed by atoms with van der Waals surface area (Å²) in [5, 5.41) is 2.45. The van der Waals surface area contributed by atoms with Crippen molar-refractivity contribution < 1.29 is 13.6 Å². The number of amides is 1. The molecule has 1 heterocycles. The van der Waals surface area contributed by atoms with E-state index in [4.69, 9.17) is 5.73 Å². The number of aryl methyl sites for hydroxylation is 1. The SMILES string of the molecule is Cc1cccc(NC(=O)c2cc(F)c(N)c(F)c2)n1. The molecule has 3 N–H and O–H groups in total. The first-order chi connectivity index (χ1) is 8.97. The third-order valence-corrected chi connectivity index (χ3v) is 2.47. The molecule has 0 saturated carbocycles. The Morgan fingerprint density at radius 1 is 1.26 bits per heavy atom. The Morgan fingerprint density at radius 3 is 2.47 bits per heavy atom. The maximum atomic E-state index is 13.2. The highest BCUT2D eigenvalue weighted by atomic mass is 19.1. The predicted molar refractivity (Wildman–Crippen MR) is 67.7 cm³/mol. The minimum atomic E-state index is -0.970. The summed E-state index contributed by atoms with van der Waals surface area (Å²) in [5.41, 5.74) is 5.08. The van der Waals surface area contributed by atoms with Gasteiger partial charge in [0, 0.05) is 11.3 Å². The van der Waals surface area contributed by atoms with Gasteiger partial charge in [0.2, 0.25) is 0 Å². The van der Waals surface area contributed by atoms with Crippen molar-refractivity contribution in [2.75, 3.05) is 11.1 Å². The monoisotopic (exact) mass is 263 g/mol. The van der Waals surface area contributed by atoms with Crippen LogP contribution < -0.4 is 11.1 Å². The number of anilines is 2. The van der Waals surface area contributed by atoms with Gasteiger partial charge >= 0.3 is 0 Å². The van der Waals surface area contributed by atoms with E-state index in [-0.39, 0.29) is 5.56 Å². The molecule has 98 valence electrons. The highest BCUT2D eigenvalue weighted by Crippen LogP contribution is 2.18. The van der Waals surface area contributed by atoms with Crippen LogP contribution in [-0.4, -0.2) is 10.9 Å². The number of carbonyl (C=O) groups excluding carboxylic acids is 1. The molecule has 0 aliphatic heterocycles. The summed E-state index contributed by atoms with van der Waals surface area (Å²) in [4.78, 5) is 15.9. The van der Waals surface area contributed by atoms with Gasteiger partial charge < -0.3 is 11.1 Å². The third kappa shape index (κ3) is 2.85. The molecule has 0 saturated heterocycles. The van der Waals surface area contributed by atoms with Crippen LogP contribution in [0.2, 0.25) is 0 Å². The van der Waals surface area contributed by atoms with Crippen LogP contribution in [0.3, 0.4) is 0 Å². The van der Waals surface area contributed by atoms with E-state index in [1.807, 2.05) is 0 Å². The van der Waals surface area contributed by atoms with E-state index in [9.17, 15) is 13.6 Å². The Kier molecular flexibility index (Phi) is 3.41. The number of nitrogens with one attached hydrogen (secondary N) is 1. The lowest BCUT2D eigenvalue weighted by atomic mass is 10.1. The van der Waals surface area contributed by atoms with E-state index in [0.717, 1.165) is 12.1 Å². The summed E-state index contributed by atoms with van der Waals surface area (Å²) < 4.78 is 26.5. The zero-order chi connectivity index (χ0) is 14.0. The number of hydrogen-bond donors (Lipinski definition) is 2. The Labute approximate surface area is 108 Å². The smallest absolute Gasteiger partial charge is 0.257 e. The van der Waals surface area contributed by atoms with E-state index in [2.05, 4.69) is 10.3 Å². The first kappa shape index (κ1) is 12.9. The Bertz CT molecular complexity index is 621. The Balaban J connectivity index is 2.25. The lowest BCUT2D eigenvalue weighted by Gasteiger charge is -2.06. The van der Waals surface area contributed by atoms with Crippen molar-refractivity contribution in [3.8, 4) is 0 Å². The molecular formula is C13H11F2N3O. The zero-order valence-corrected chi connectivity index (χ0v) is 10.1. The van der Waals surface area contributed by atoms with Gasteiger partial charge in [0.15, 0.2) is 0 Å². The fourth-order valence-corrected chi connectivity index (χ4v) is 1.52. The van der Waals surface area contributed by atoms with E-state index >= 15 is 0 Å². The maximum absolute atomic E-state index is 13.2. The predicted octanol–water partition coefficient (Wildman–Crippen LogP) is 2.50. The van der Waals surface area contributed by atoms with Gasteiger partial charge in [-0.25, -0.2) is 13.8 Å². The molecule has 2 rings (SSSR count). The largest absolute Gasteiger partial charge is 0.394 e. The van der Waals surface area contributed by atoms with Crippen molar-refractivity contribution in [1.29, 1.82) is 0 Å². The lowest BCUT2D eigenvalue weighted by molar-refractivity contribution is 0.102. The topological polar surface area (TPSA) is 68.0 Å². The summed E-state index contributed by atoms with van der Waals surface area (Å²) >= 11 is 0. The van der Waals surface area contributed by atoms with Crippen molar-refractivity contribution in [3.05, 3.63) is 53.2 Å². The van der Waals surface area contributed by atoms with Crippen LogP contribution in [0.25, 0.3) is 0 Å². The van der Waals surface area contributed by atoms with E-state index in [1.54, 1.807) is 25.1 Å². The summed E-state index contributed by atoms with van der Waals surface area (Å²) in [6.07, 6.45) is 0. The molecule has 1 aromatic carbocycles. The Morgan fingerprint density at radius 2 is 1.89 bits per heavy atom. The minimum absolute atomic E-state index is 0.160. The van der Waals surface area contributed by atoms with Crippen LogP contribution in [0.15, 0.2) is 30.3 Å². The van der Waals surface area contributed by atoms with Gasteiger partial charge in [-0.2, -0.15) is 0 Å². The van der Waals surface area contributed by atoms with Crippen LogP contribution in [0.4, 0.5) is 20.3 Å². The van der Waals surface area contributed by atoms with Crippen LogP contribution in [0, 0.1) is 18.6 Å². The van der Waals surface area contributed by atoms with Gasteiger partial charge in [-0.3, -0.25) is 4.79 Å². The molecule has 0 unspecified atom stereocenters. The second kappa shape index (κ2) is 5.01. The molecule has 0 spiro atoms. The molecule has 1 amide bonds. The number of benzene rings is 1. The first-order valence-corrected chi connectivity index (χ1v) is 5.47. The number of hydrogen-bond acceptors (Lipinski definition) is 3. The van der Waals surface area contributed by atoms with Gasteiger partial charge in [0.1, 0.15) is 23.1 Å². The number of pyridine rings is 1.